The Labute approximate surface area is 70.3 Å². The van der Waals surface area contributed by atoms with Crippen molar-refractivity contribution < 1.29 is 33.3 Å². The summed E-state index contributed by atoms with van der Waals surface area (Å²) in [5, 5.41) is 0. The zero-order valence-electron chi connectivity index (χ0n) is 3.88. The van der Waals surface area contributed by atoms with Crippen LogP contribution in [0.1, 0.15) is 2.85 Å². The van der Waals surface area contributed by atoms with Crippen LogP contribution in [-0.2, 0) is 30.4 Å². The smallest absolute Gasteiger partial charge is 2.00 e. The second kappa shape index (κ2) is 21.4. The molecule has 0 heterocycles. The molecule has 0 fully saturated rings. The minimum Gasteiger partial charge on any atom is -2.00 e. The van der Waals surface area contributed by atoms with E-state index in [2.05, 4.69) is 0 Å². The fourth-order valence-corrected chi connectivity index (χ4v) is 0. The van der Waals surface area contributed by atoms with Crippen LogP contribution in [-0.4, -0.2) is 37.7 Å². The third kappa shape index (κ3) is 9.19. The molecule has 0 aliphatic heterocycles. The summed E-state index contributed by atoms with van der Waals surface area (Å²) in [4.78, 5) is 0. The SMILES string of the molecule is [Ca+2].[H-].[H-].[O-2].[O-2].[Ru+4]. The molecule has 0 radical (unpaired) electrons. The minimum absolute atomic E-state index is 0. The van der Waals surface area contributed by atoms with Crippen molar-refractivity contribution in [3.05, 3.63) is 0 Å². The standard InChI is InChI=1S/Ca.2O.Ru.2H/q+2;2*-2;+4;2*-1. The molecule has 4 heteroatoms. The molecule has 0 atom stereocenters. The molecule has 0 unspecified atom stereocenters. The van der Waals surface area contributed by atoms with Gasteiger partial charge in [0, 0.05) is 0 Å². The summed E-state index contributed by atoms with van der Waals surface area (Å²) in [5.41, 5.74) is 0. The van der Waals surface area contributed by atoms with Crippen molar-refractivity contribution >= 4 is 37.7 Å². The Bertz CT molecular complexity index is 11.5. The molecule has 0 aromatic rings. The summed E-state index contributed by atoms with van der Waals surface area (Å²) < 4.78 is 0. The maximum Gasteiger partial charge on any atom is 4.00 e. The summed E-state index contributed by atoms with van der Waals surface area (Å²) in [7, 11) is 0. The quantitative estimate of drug-likeness (QED) is 0.450. The van der Waals surface area contributed by atoms with Crippen LogP contribution in [0.3, 0.4) is 0 Å². The zero-order valence-corrected chi connectivity index (χ0v) is 5.82. The Morgan fingerprint density at radius 1 is 1.00 bits per heavy atom. The van der Waals surface area contributed by atoms with Crippen molar-refractivity contribution in [1.82, 2.24) is 0 Å². The molecule has 0 aromatic heterocycles. The van der Waals surface area contributed by atoms with Gasteiger partial charge in [0.15, 0.2) is 0 Å². The predicted molar refractivity (Wildman–Crippen MR) is 9.35 cm³/mol. The van der Waals surface area contributed by atoms with E-state index < -0.39 is 0 Å². The fraction of sp³-hybridized carbons (Fsp3) is 0. The van der Waals surface area contributed by atoms with Gasteiger partial charge in [-0.15, -0.1) is 0 Å². The second-order valence-corrected chi connectivity index (χ2v) is 0. The Hall–Kier alpha value is 1.80. The van der Waals surface area contributed by atoms with E-state index in [9.17, 15) is 0 Å². The van der Waals surface area contributed by atoms with Crippen LogP contribution >= 0.6 is 0 Å². The van der Waals surface area contributed by atoms with Crippen molar-refractivity contribution in [2.75, 3.05) is 0 Å². The maximum absolute atomic E-state index is 0. The first-order valence-corrected chi connectivity index (χ1v) is 0. The van der Waals surface area contributed by atoms with Gasteiger partial charge in [0.25, 0.3) is 0 Å². The fourth-order valence-electron chi connectivity index (χ4n) is 0. The predicted octanol–water partition coefficient (Wildman–Crippen LogP) is -0.396. The molecule has 0 saturated carbocycles. The molecule has 0 amide bonds. The van der Waals surface area contributed by atoms with E-state index in [-0.39, 0.29) is 71.0 Å². The normalized spacial score (nSPS) is 0. The summed E-state index contributed by atoms with van der Waals surface area (Å²) >= 11 is 0. The maximum atomic E-state index is 0. The van der Waals surface area contributed by atoms with Gasteiger partial charge < -0.3 is 13.8 Å². The van der Waals surface area contributed by atoms with Crippen LogP contribution in [0.15, 0.2) is 0 Å². The van der Waals surface area contributed by atoms with Gasteiger partial charge in [0.1, 0.15) is 0 Å². The third-order valence-electron chi connectivity index (χ3n) is 0. The average Bonchev–Trinajstić information content (AvgIpc) is 0. The molecule has 0 saturated heterocycles. The van der Waals surface area contributed by atoms with Gasteiger partial charge in [-0.1, -0.05) is 0 Å². The van der Waals surface area contributed by atoms with E-state index >= 15 is 0 Å². The Balaban J connectivity index is 0. The Kier molecular flexibility index (Phi) is 220. The summed E-state index contributed by atoms with van der Waals surface area (Å²) in [6.07, 6.45) is 0. The number of rotatable bonds is 0. The van der Waals surface area contributed by atoms with E-state index in [1.165, 1.54) is 0 Å². The summed E-state index contributed by atoms with van der Waals surface area (Å²) in [5.74, 6) is 0. The van der Waals surface area contributed by atoms with Crippen LogP contribution in [0.25, 0.3) is 0 Å². The third-order valence-corrected chi connectivity index (χ3v) is 0. The van der Waals surface area contributed by atoms with E-state index in [1.807, 2.05) is 0 Å². The van der Waals surface area contributed by atoms with Crippen molar-refractivity contribution in [2.24, 2.45) is 0 Å². The summed E-state index contributed by atoms with van der Waals surface area (Å²) in [6, 6.07) is 0. The van der Waals surface area contributed by atoms with Gasteiger partial charge in [-0.25, -0.2) is 0 Å². The zero-order chi connectivity index (χ0) is 0. The monoisotopic (exact) mass is 176 g/mol. The Morgan fingerprint density at radius 3 is 1.00 bits per heavy atom. The van der Waals surface area contributed by atoms with E-state index in [1.54, 1.807) is 0 Å². The van der Waals surface area contributed by atoms with Crippen LogP contribution in [0.5, 0.6) is 0 Å². The molecular weight excluding hydrogens is 173 g/mol. The van der Waals surface area contributed by atoms with Crippen molar-refractivity contribution in [1.29, 1.82) is 0 Å². The molecule has 0 N–H and O–H groups in total. The van der Waals surface area contributed by atoms with Crippen LogP contribution in [0.4, 0.5) is 0 Å². The van der Waals surface area contributed by atoms with Crippen LogP contribution < -0.4 is 0 Å². The largest absolute Gasteiger partial charge is 4.00 e. The van der Waals surface area contributed by atoms with E-state index in [0.29, 0.717) is 0 Å². The molecule has 0 bridgehead atoms. The van der Waals surface area contributed by atoms with Gasteiger partial charge in [-0.3, -0.25) is 0 Å². The van der Waals surface area contributed by atoms with Gasteiger partial charge in [-0.05, 0) is 0 Å². The first-order chi connectivity index (χ1) is 0. The molecule has 0 aliphatic rings. The van der Waals surface area contributed by atoms with Crippen LogP contribution in [0.2, 0.25) is 0 Å². The number of hydrogen-bond donors (Lipinski definition) is 0. The van der Waals surface area contributed by atoms with Gasteiger partial charge in [0.2, 0.25) is 0 Å². The van der Waals surface area contributed by atoms with Crippen molar-refractivity contribution in [2.45, 2.75) is 0 Å². The van der Waals surface area contributed by atoms with Crippen molar-refractivity contribution in [3.63, 3.8) is 0 Å². The molecular formula is H2CaO2Ru. The average molecular weight is 175 g/mol. The molecule has 0 spiro atoms. The number of hydrogen-bond acceptors (Lipinski definition) is 0. The molecule has 0 aliphatic carbocycles. The van der Waals surface area contributed by atoms with Crippen molar-refractivity contribution in [3.8, 4) is 0 Å². The van der Waals surface area contributed by atoms with Gasteiger partial charge in [0.05, 0.1) is 0 Å². The molecule has 0 rings (SSSR count). The molecule has 4 heavy (non-hydrogen) atoms. The topological polar surface area (TPSA) is 57.0 Å². The minimum atomic E-state index is 0. The van der Waals surface area contributed by atoms with Gasteiger partial charge >= 0.3 is 57.2 Å². The second-order valence-electron chi connectivity index (χ2n) is 0. The Morgan fingerprint density at radius 2 is 1.00 bits per heavy atom. The van der Waals surface area contributed by atoms with Gasteiger partial charge in [-0.2, -0.15) is 0 Å². The first-order valence-electron chi connectivity index (χ1n) is 0. The van der Waals surface area contributed by atoms with E-state index in [4.69, 9.17) is 0 Å². The van der Waals surface area contributed by atoms with Crippen LogP contribution in [0, 0.1) is 0 Å². The summed E-state index contributed by atoms with van der Waals surface area (Å²) in [6.45, 7) is 0. The molecule has 0 aromatic carbocycles. The molecule has 24 valence electrons. The van der Waals surface area contributed by atoms with E-state index in [0.717, 1.165) is 0 Å². The molecule has 2 nitrogen and oxygen atoms in total. The first kappa shape index (κ1) is 41.2.